The zero-order chi connectivity index (χ0) is 19.8. The number of nitrogens with zero attached hydrogens (tertiary/aromatic N) is 3. The minimum atomic E-state index is -0.876. The number of aromatic nitrogens is 1. The van der Waals surface area contributed by atoms with Crippen LogP contribution in [0.3, 0.4) is 0 Å². The Morgan fingerprint density at radius 3 is 2.64 bits per heavy atom. The molecular formula is C21H28N4O2S. The SMILES string of the molecule is C[C@H]1CC[C@H](c2ccc3sc(C4CCN(C)CC4)nc3c2)N(C(=O)C(N)=O)C1. The first-order chi connectivity index (χ1) is 13.4. The summed E-state index contributed by atoms with van der Waals surface area (Å²) in [5.41, 5.74) is 7.35. The lowest BCUT2D eigenvalue weighted by Crippen LogP contribution is -2.46. The molecule has 0 saturated carbocycles. The molecule has 2 aliphatic rings. The third kappa shape index (κ3) is 3.78. The molecule has 0 bridgehead atoms. The molecule has 1 aromatic heterocycles. The first-order valence-electron chi connectivity index (χ1n) is 10.1. The van der Waals surface area contributed by atoms with E-state index in [0.29, 0.717) is 18.4 Å². The summed E-state index contributed by atoms with van der Waals surface area (Å²) >= 11 is 1.79. The number of likely N-dealkylation sites (tertiary alicyclic amines) is 2. The molecule has 4 rings (SSSR count). The van der Waals surface area contributed by atoms with Crippen molar-refractivity contribution in [3.05, 3.63) is 28.8 Å². The lowest BCUT2D eigenvalue weighted by Gasteiger charge is -2.38. The predicted molar refractivity (Wildman–Crippen MR) is 111 cm³/mol. The van der Waals surface area contributed by atoms with Crippen molar-refractivity contribution in [3.63, 3.8) is 0 Å². The quantitative estimate of drug-likeness (QED) is 0.786. The molecule has 2 atom stereocenters. The average molecular weight is 401 g/mol. The van der Waals surface area contributed by atoms with Crippen molar-refractivity contribution in [2.24, 2.45) is 11.7 Å². The topological polar surface area (TPSA) is 79.5 Å². The molecule has 7 heteroatoms. The molecule has 1 aromatic carbocycles. The Bertz CT molecular complexity index is 888. The van der Waals surface area contributed by atoms with Crippen LogP contribution in [0.5, 0.6) is 0 Å². The van der Waals surface area contributed by atoms with Gasteiger partial charge in [-0.3, -0.25) is 9.59 Å². The van der Waals surface area contributed by atoms with Crippen LogP contribution in [-0.4, -0.2) is 53.3 Å². The summed E-state index contributed by atoms with van der Waals surface area (Å²) in [6.07, 6.45) is 4.19. The van der Waals surface area contributed by atoms with Gasteiger partial charge in [-0.2, -0.15) is 0 Å². The van der Waals surface area contributed by atoms with Crippen LogP contribution in [0.15, 0.2) is 18.2 Å². The fraction of sp³-hybridized carbons (Fsp3) is 0.571. The highest BCUT2D eigenvalue weighted by molar-refractivity contribution is 7.18. The number of primary amides is 1. The highest BCUT2D eigenvalue weighted by atomic mass is 32.1. The van der Waals surface area contributed by atoms with E-state index in [1.165, 1.54) is 9.71 Å². The Hall–Kier alpha value is -1.99. The standard InChI is InChI=1S/C21H28N4O2S/c1-13-3-5-17(25(12-13)21(27)19(22)26)15-4-6-18-16(11-15)23-20(28-18)14-7-9-24(2)10-8-14/h4,6,11,13-14,17H,3,5,7-10,12H2,1-2H3,(H2,22,26)/t13-,17+/m0/s1. The van der Waals surface area contributed by atoms with E-state index in [1.807, 2.05) is 0 Å². The second-order valence-corrected chi connectivity index (χ2v) is 9.44. The summed E-state index contributed by atoms with van der Waals surface area (Å²) in [6.45, 7) is 4.92. The fourth-order valence-corrected chi connectivity index (χ4v) is 5.58. The van der Waals surface area contributed by atoms with Crippen molar-refractivity contribution in [1.29, 1.82) is 0 Å². The number of piperidine rings is 2. The summed E-state index contributed by atoms with van der Waals surface area (Å²) in [4.78, 5) is 32.8. The Labute approximate surface area is 169 Å². The van der Waals surface area contributed by atoms with Gasteiger partial charge in [0.15, 0.2) is 0 Å². The molecule has 0 spiro atoms. The van der Waals surface area contributed by atoms with E-state index >= 15 is 0 Å². The molecule has 0 radical (unpaired) electrons. The maximum atomic E-state index is 12.4. The maximum Gasteiger partial charge on any atom is 0.312 e. The molecule has 0 unspecified atom stereocenters. The number of rotatable bonds is 2. The van der Waals surface area contributed by atoms with Crippen LogP contribution >= 0.6 is 11.3 Å². The molecule has 28 heavy (non-hydrogen) atoms. The number of hydrogen-bond donors (Lipinski definition) is 1. The third-order valence-electron chi connectivity index (χ3n) is 6.17. The molecular weight excluding hydrogens is 372 g/mol. The van der Waals surface area contributed by atoms with Crippen molar-refractivity contribution in [3.8, 4) is 0 Å². The highest BCUT2D eigenvalue weighted by Crippen LogP contribution is 2.37. The van der Waals surface area contributed by atoms with Gasteiger partial charge in [0.25, 0.3) is 0 Å². The Kier molecular flexibility index (Phi) is 5.38. The maximum absolute atomic E-state index is 12.4. The summed E-state index contributed by atoms with van der Waals surface area (Å²) < 4.78 is 1.19. The second-order valence-electron chi connectivity index (χ2n) is 8.38. The van der Waals surface area contributed by atoms with Gasteiger partial charge in [-0.1, -0.05) is 13.0 Å². The van der Waals surface area contributed by atoms with E-state index in [4.69, 9.17) is 10.7 Å². The third-order valence-corrected chi connectivity index (χ3v) is 7.37. The Balaban J connectivity index is 1.61. The normalized spacial score (nSPS) is 24.6. The summed E-state index contributed by atoms with van der Waals surface area (Å²) in [5.74, 6) is -0.542. The molecule has 3 heterocycles. The molecule has 0 aliphatic carbocycles. The monoisotopic (exact) mass is 400 g/mol. The van der Waals surface area contributed by atoms with Crippen molar-refractivity contribution in [2.45, 2.75) is 44.6 Å². The molecule has 2 aliphatic heterocycles. The summed E-state index contributed by atoms with van der Waals surface area (Å²) in [5, 5.41) is 1.22. The van der Waals surface area contributed by atoms with Gasteiger partial charge in [0.05, 0.1) is 21.3 Å². The Morgan fingerprint density at radius 1 is 1.18 bits per heavy atom. The molecule has 2 aromatic rings. The average Bonchev–Trinajstić information content (AvgIpc) is 3.11. The van der Waals surface area contributed by atoms with Crippen LogP contribution < -0.4 is 5.73 Å². The number of hydrogen-bond acceptors (Lipinski definition) is 5. The largest absolute Gasteiger partial charge is 0.361 e. The first kappa shape index (κ1) is 19.3. The molecule has 2 fully saturated rings. The lowest BCUT2D eigenvalue weighted by molar-refractivity contribution is -0.147. The molecule has 2 N–H and O–H groups in total. The van der Waals surface area contributed by atoms with Crippen molar-refractivity contribution in [1.82, 2.24) is 14.8 Å². The van der Waals surface area contributed by atoms with Crippen molar-refractivity contribution >= 4 is 33.4 Å². The predicted octanol–water partition coefficient (Wildman–Crippen LogP) is 2.89. The van der Waals surface area contributed by atoms with Gasteiger partial charge in [0, 0.05) is 12.5 Å². The van der Waals surface area contributed by atoms with E-state index in [2.05, 4.69) is 37.1 Å². The van der Waals surface area contributed by atoms with Crippen molar-refractivity contribution in [2.75, 3.05) is 26.7 Å². The number of amides is 2. The van der Waals surface area contributed by atoms with E-state index < -0.39 is 11.8 Å². The minimum absolute atomic E-state index is 0.103. The van der Waals surface area contributed by atoms with E-state index in [9.17, 15) is 9.59 Å². The van der Waals surface area contributed by atoms with Gasteiger partial charge in [-0.05, 0) is 69.4 Å². The van der Waals surface area contributed by atoms with E-state index in [1.54, 1.807) is 16.2 Å². The number of benzene rings is 1. The Morgan fingerprint density at radius 2 is 1.93 bits per heavy atom. The van der Waals surface area contributed by atoms with Crippen LogP contribution in [0.2, 0.25) is 0 Å². The molecule has 150 valence electrons. The minimum Gasteiger partial charge on any atom is -0.361 e. The fourth-order valence-electron chi connectivity index (χ4n) is 4.46. The van der Waals surface area contributed by atoms with Crippen LogP contribution in [0.4, 0.5) is 0 Å². The smallest absolute Gasteiger partial charge is 0.312 e. The van der Waals surface area contributed by atoms with Crippen molar-refractivity contribution < 1.29 is 9.59 Å². The summed E-state index contributed by atoms with van der Waals surface area (Å²) in [7, 11) is 2.17. The van der Waals surface area contributed by atoms with Gasteiger partial charge in [-0.15, -0.1) is 11.3 Å². The van der Waals surface area contributed by atoms with E-state index in [0.717, 1.165) is 49.9 Å². The molecule has 2 amide bonds. The second kappa shape index (κ2) is 7.79. The molecule has 2 saturated heterocycles. The molecule has 6 nitrogen and oxygen atoms in total. The first-order valence-corrected chi connectivity index (χ1v) is 10.9. The number of fused-ring (bicyclic) bond motifs is 1. The van der Waals surface area contributed by atoms with Gasteiger partial charge in [0.1, 0.15) is 0 Å². The van der Waals surface area contributed by atoms with Gasteiger partial charge >= 0.3 is 11.8 Å². The number of carbonyl (C=O) groups excluding carboxylic acids is 2. The van der Waals surface area contributed by atoms with Gasteiger partial charge in [0.2, 0.25) is 0 Å². The zero-order valence-corrected chi connectivity index (χ0v) is 17.4. The zero-order valence-electron chi connectivity index (χ0n) is 16.6. The van der Waals surface area contributed by atoms with Crippen LogP contribution in [0.1, 0.15) is 55.1 Å². The number of carbonyl (C=O) groups is 2. The summed E-state index contributed by atoms with van der Waals surface area (Å²) in [6, 6.07) is 6.20. The lowest BCUT2D eigenvalue weighted by atomic mass is 9.89. The van der Waals surface area contributed by atoms with Crippen LogP contribution in [0.25, 0.3) is 10.2 Å². The number of thiazole rings is 1. The van der Waals surface area contributed by atoms with Crippen LogP contribution in [0, 0.1) is 5.92 Å². The van der Waals surface area contributed by atoms with E-state index in [-0.39, 0.29) is 6.04 Å². The highest BCUT2D eigenvalue weighted by Gasteiger charge is 2.33. The van der Waals surface area contributed by atoms with Gasteiger partial charge in [-0.25, -0.2) is 4.98 Å². The van der Waals surface area contributed by atoms with Crippen LogP contribution in [-0.2, 0) is 9.59 Å². The van der Waals surface area contributed by atoms with Gasteiger partial charge < -0.3 is 15.5 Å². The number of nitrogens with two attached hydrogens (primary N) is 1.